The van der Waals surface area contributed by atoms with E-state index in [4.69, 9.17) is 4.74 Å². The number of hydrogen-bond acceptors (Lipinski definition) is 5. The van der Waals surface area contributed by atoms with Crippen molar-refractivity contribution >= 4 is 18.0 Å². The summed E-state index contributed by atoms with van der Waals surface area (Å²) in [5.74, 6) is -1.77. The van der Waals surface area contributed by atoms with Crippen LogP contribution in [-0.2, 0) is 14.3 Å². The molecule has 184 valence electrons. The zero-order valence-corrected chi connectivity index (χ0v) is 19.5. The van der Waals surface area contributed by atoms with Crippen molar-refractivity contribution < 1.29 is 29.3 Å². The number of carboxylic acids is 1. The fourth-order valence-electron chi connectivity index (χ4n) is 5.77. The Morgan fingerprint density at radius 2 is 1.69 bits per heavy atom. The Bertz CT molecular complexity index is 1100. The van der Waals surface area contributed by atoms with E-state index in [-0.39, 0.29) is 49.9 Å². The van der Waals surface area contributed by atoms with E-state index < -0.39 is 17.7 Å². The number of nitrogens with zero attached hydrogens (tertiary/aromatic N) is 1. The van der Waals surface area contributed by atoms with Crippen LogP contribution in [0.5, 0.6) is 0 Å². The molecule has 0 radical (unpaired) electrons. The van der Waals surface area contributed by atoms with Gasteiger partial charge in [0.2, 0.25) is 5.91 Å². The number of carbonyl (C=O) groups excluding carboxylic acids is 2. The molecule has 8 heteroatoms. The zero-order valence-electron chi connectivity index (χ0n) is 19.5. The first-order valence-corrected chi connectivity index (χ1v) is 12.2. The molecule has 3 atom stereocenters. The fourth-order valence-corrected chi connectivity index (χ4v) is 5.77. The van der Waals surface area contributed by atoms with Crippen LogP contribution in [0.2, 0.25) is 0 Å². The summed E-state index contributed by atoms with van der Waals surface area (Å²) in [7, 11) is 0. The van der Waals surface area contributed by atoms with E-state index in [0.717, 1.165) is 24.0 Å². The first kappa shape index (κ1) is 23.4. The maximum atomic E-state index is 13.0. The second-order valence-electron chi connectivity index (χ2n) is 9.88. The molecule has 5 rings (SSSR count). The number of carbonyl (C=O) groups is 3. The Kier molecular flexibility index (Phi) is 6.23. The summed E-state index contributed by atoms with van der Waals surface area (Å²) in [6.07, 6.45) is 2.23. The van der Waals surface area contributed by atoms with Crippen molar-refractivity contribution in [1.29, 1.82) is 0 Å². The third-order valence-electron chi connectivity index (χ3n) is 7.65. The molecule has 8 nitrogen and oxygen atoms in total. The highest BCUT2D eigenvalue weighted by atomic mass is 16.5. The summed E-state index contributed by atoms with van der Waals surface area (Å²) in [5.41, 5.74) is 2.77. The van der Waals surface area contributed by atoms with Gasteiger partial charge in [-0.25, -0.2) is 9.59 Å². The molecule has 2 aliphatic carbocycles. The van der Waals surface area contributed by atoms with Crippen LogP contribution in [0.25, 0.3) is 11.1 Å². The van der Waals surface area contributed by atoms with E-state index in [0.29, 0.717) is 12.8 Å². The number of β-amino-alcohol motifs (C(OH)–C–C–N with tert-alkyl or cyclic N) is 1. The highest BCUT2D eigenvalue weighted by Gasteiger charge is 2.46. The summed E-state index contributed by atoms with van der Waals surface area (Å²) in [5, 5.41) is 22.3. The molecule has 1 aliphatic heterocycles. The molecule has 3 N–H and O–H groups in total. The molecule has 2 aromatic carbocycles. The third-order valence-corrected chi connectivity index (χ3v) is 7.65. The number of fused-ring (bicyclic) bond motifs is 3. The monoisotopic (exact) mass is 478 g/mol. The number of rotatable bonds is 5. The maximum Gasteiger partial charge on any atom is 0.407 e. The summed E-state index contributed by atoms with van der Waals surface area (Å²) < 4.78 is 5.65. The lowest BCUT2D eigenvalue weighted by molar-refractivity contribution is -0.157. The molecule has 35 heavy (non-hydrogen) atoms. The van der Waals surface area contributed by atoms with Crippen molar-refractivity contribution in [3.8, 4) is 11.1 Å². The van der Waals surface area contributed by atoms with Gasteiger partial charge in [0.05, 0.1) is 6.54 Å². The van der Waals surface area contributed by atoms with Gasteiger partial charge in [-0.3, -0.25) is 4.79 Å². The summed E-state index contributed by atoms with van der Waals surface area (Å²) in [6, 6.07) is 16.1. The molecule has 0 spiro atoms. The quantitative estimate of drug-likeness (QED) is 0.608. The number of aliphatic hydroxyl groups is 1. The predicted molar refractivity (Wildman–Crippen MR) is 128 cm³/mol. The molecule has 1 unspecified atom stereocenters. The lowest BCUT2D eigenvalue weighted by Gasteiger charge is -2.31. The zero-order chi connectivity index (χ0) is 24.6. The van der Waals surface area contributed by atoms with Crippen molar-refractivity contribution in [3.05, 3.63) is 59.7 Å². The highest BCUT2D eigenvalue weighted by Crippen LogP contribution is 2.44. The number of nitrogens with one attached hydrogen (secondary N) is 1. The smallest absolute Gasteiger partial charge is 0.407 e. The van der Waals surface area contributed by atoms with Gasteiger partial charge >= 0.3 is 12.1 Å². The molecule has 0 aromatic heterocycles. The van der Waals surface area contributed by atoms with Crippen molar-refractivity contribution in [1.82, 2.24) is 10.2 Å². The normalized spacial score (nSPS) is 25.6. The number of hydrogen-bond donors (Lipinski definition) is 3. The fraction of sp³-hybridized carbons (Fsp3) is 0.444. The number of ether oxygens (including phenoxy) is 1. The number of alkyl carbamates (subject to hydrolysis) is 1. The van der Waals surface area contributed by atoms with E-state index in [1.54, 1.807) is 0 Å². The Morgan fingerprint density at radius 3 is 2.31 bits per heavy atom. The molecular formula is C27H30N2O6. The van der Waals surface area contributed by atoms with Crippen LogP contribution in [0, 0.1) is 5.92 Å². The van der Waals surface area contributed by atoms with E-state index in [1.807, 2.05) is 24.3 Å². The molecule has 3 aliphatic rings. The molecule has 1 heterocycles. The minimum Gasteiger partial charge on any atom is -0.479 e. The molecule has 1 saturated heterocycles. The second kappa shape index (κ2) is 9.34. The van der Waals surface area contributed by atoms with E-state index in [9.17, 15) is 24.6 Å². The molecule has 2 fully saturated rings. The largest absolute Gasteiger partial charge is 0.479 e. The van der Waals surface area contributed by atoms with Crippen LogP contribution >= 0.6 is 0 Å². The van der Waals surface area contributed by atoms with Crippen molar-refractivity contribution in [2.75, 3.05) is 19.7 Å². The van der Waals surface area contributed by atoms with Gasteiger partial charge < -0.3 is 25.2 Å². The lowest BCUT2D eigenvalue weighted by atomic mass is 9.85. The van der Waals surface area contributed by atoms with E-state index in [2.05, 4.69) is 29.6 Å². The van der Waals surface area contributed by atoms with Gasteiger partial charge in [0.25, 0.3) is 0 Å². The predicted octanol–water partition coefficient (Wildman–Crippen LogP) is 3.13. The van der Waals surface area contributed by atoms with Gasteiger partial charge in [-0.05, 0) is 41.5 Å². The lowest BCUT2D eigenvalue weighted by Crippen LogP contribution is -2.46. The van der Waals surface area contributed by atoms with Crippen LogP contribution in [-0.4, -0.2) is 64.4 Å². The topological polar surface area (TPSA) is 116 Å². The SMILES string of the molecule is O=C(N[C@H]1CCC[C@@H](C(=O)N2CCC(O)(C(=O)O)C2)C1)OCC1c2ccccc2-c2ccccc21. The van der Waals surface area contributed by atoms with Gasteiger partial charge in [-0.1, -0.05) is 55.0 Å². The van der Waals surface area contributed by atoms with E-state index in [1.165, 1.54) is 16.0 Å². The Balaban J connectivity index is 1.16. The maximum absolute atomic E-state index is 13.0. The van der Waals surface area contributed by atoms with Crippen molar-refractivity contribution in [2.45, 2.75) is 49.7 Å². The molecular weight excluding hydrogens is 448 g/mol. The minimum absolute atomic E-state index is 0.0167. The van der Waals surface area contributed by atoms with Crippen LogP contribution in [0.1, 0.15) is 49.1 Å². The van der Waals surface area contributed by atoms with Crippen molar-refractivity contribution in [3.63, 3.8) is 0 Å². The number of benzene rings is 2. The van der Waals surface area contributed by atoms with Gasteiger partial charge in [0, 0.05) is 30.8 Å². The molecule has 2 amide bonds. The Labute approximate surface area is 203 Å². The van der Waals surface area contributed by atoms with Gasteiger partial charge in [-0.2, -0.15) is 0 Å². The summed E-state index contributed by atoms with van der Waals surface area (Å²) in [4.78, 5) is 38.3. The first-order chi connectivity index (χ1) is 16.9. The molecule has 2 aromatic rings. The van der Waals surface area contributed by atoms with Gasteiger partial charge in [0.15, 0.2) is 5.60 Å². The molecule has 1 saturated carbocycles. The number of likely N-dealkylation sites (tertiary alicyclic amines) is 1. The second-order valence-corrected chi connectivity index (χ2v) is 9.88. The van der Waals surface area contributed by atoms with E-state index >= 15 is 0 Å². The van der Waals surface area contributed by atoms with Crippen molar-refractivity contribution in [2.24, 2.45) is 5.92 Å². The van der Waals surface area contributed by atoms with Crippen LogP contribution < -0.4 is 5.32 Å². The average molecular weight is 479 g/mol. The van der Waals surface area contributed by atoms with Crippen LogP contribution in [0.15, 0.2) is 48.5 Å². The van der Waals surface area contributed by atoms with Gasteiger partial charge in [0.1, 0.15) is 6.61 Å². The standard InChI is InChI=1S/C27H30N2O6/c30-24(29-13-12-27(34,16-29)25(31)32)17-6-5-7-18(14-17)28-26(33)35-15-23-21-10-3-1-8-19(21)20-9-2-4-11-22(20)23/h1-4,8-11,17-18,23,34H,5-7,12-16H2,(H,28,33)(H,31,32)/t17-,18+,27?/m1/s1. The number of aliphatic carboxylic acids is 1. The first-order valence-electron chi connectivity index (χ1n) is 12.2. The Hall–Kier alpha value is -3.39. The average Bonchev–Trinajstić information content (AvgIpc) is 3.42. The third kappa shape index (κ3) is 4.50. The highest BCUT2D eigenvalue weighted by molar-refractivity contribution is 5.83. The molecule has 0 bridgehead atoms. The van der Waals surface area contributed by atoms with Crippen LogP contribution in [0.4, 0.5) is 4.79 Å². The minimum atomic E-state index is -1.87. The Morgan fingerprint density at radius 1 is 1.03 bits per heavy atom. The summed E-state index contributed by atoms with van der Waals surface area (Å²) >= 11 is 0. The number of amides is 2. The van der Waals surface area contributed by atoms with Crippen LogP contribution in [0.3, 0.4) is 0 Å². The van der Waals surface area contributed by atoms with Gasteiger partial charge in [-0.15, -0.1) is 0 Å². The summed E-state index contributed by atoms with van der Waals surface area (Å²) in [6.45, 7) is 0.265. The number of carboxylic acid groups (broad SMARTS) is 1.